The Bertz CT molecular complexity index is 718. The fraction of sp³-hybridized carbons (Fsp3) is 0.231. The van der Waals surface area contributed by atoms with Crippen LogP contribution in [0.15, 0.2) is 38.1 Å². The minimum absolute atomic E-state index is 0.107. The van der Waals surface area contributed by atoms with Crippen molar-refractivity contribution in [3.8, 4) is 0 Å². The lowest BCUT2D eigenvalue weighted by atomic mass is 10.2. The van der Waals surface area contributed by atoms with Gasteiger partial charge in [0.15, 0.2) is 0 Å². The van der Waals surface area contributed by atoms with Crippen LogP contribution in [0.2, 0.25) is 0 Å². The summed E-state index contributed by atoms with van der Waals surface area (Å²) in [5.74, 6) is 0.762. The van der Waals surface area contributed by atoms with E-state index in [2.05, 4.69) is 20.7 Å². The van der Waals surface area contributed by atoms with Crippen LogP contribution in [0.3, 0.4) is 0 Å². The first kappa shape index (κ1) is 15.1. The van der Waals surface area contributed by atoms with Crippen LogP contribution in [0.4, 0.5) is 5.69 Å². The number of sulfonamides is 1. The first-order chi connectivity index (χ1) is 9.31. The molecule has 0 atom stereocenters. The summed E-state index contributed by atoms with van der Waals surface area (Å²) in [5, 5.41) is 0. The average Bonchev–Trinajstić information content (AvgIpc) is 2.69. The molecule has 0 saturated heterocycles. The lowest BCUT2D eigenvalue weighted by Gasteiger charge is -2.08. The zero-order valence-electron chi connectivity index (χ0n) is 11.1. The number of hydrogen-bond donors (Lipinski definition) is 2. The molecule has 3 N–H and O–H groups in total. The van der Waals surface area contributed by atoms with E-state index in [9.17, 15) is 8.42 Å². The number of nitrogens with one attached hydrogen (secondary N) is 1. The number of anilines is 1. The molecular weight excluding hydrogens is 344 g/mol. The van der Waals surface area contributed by atoms with Gasteiger partial charge in [-0.15, -0.1) is 0 Å². The second-order valence-electron chi connectivity index (χ2n) is 4.46. The Kier molecular flexibility index (Phi) is 4.22. The Hall–Kier alpha value is -1.31. The van der Waals surface area contributed by atoms with Crippen molar-refractivity contribution in [1.29, 1.82) is 0 Å². The predicted molar refractivity (Wildman–Crippen MR) is 81.0 cm³/mol. The molecule has 5 nitrogen and oxygen atoms in total. The highest BCUT2D eigenvalue weighted by molar-refractivity contribution is 9.10. The minimum Gasteiger partial charge on any atom is -0.464 e. The van der Waals surface area contributed by atoms with E-state index in [1.54, 1.807) is 19.1 Å². The Morgan fingerprint density at radius 1 is 1.25 bits per heavy atom. The van der Waals surface area contributed by atoms with Gasteiger partial charge in [-0.2, -0.15) is 0 Å². The van der Waals surface area contributed by atoms with Crippen LogP contribution < -0.4 is 10.5 Å². The van der Waals surface area contributed by atoms with Crippen molar-refractivity contribution in [1.82, 2.24) is 0 Å². The molecule has 0 aliphatic heterocycles. The van der Waals surface area contributed by atoms with Gasteiger partial charge in [-0.05, 0) is 37.6 Å². The molecule has 0 unspecified atom stereocenters. The second-order valence-corrected chi connectivity index (χ2v) is 7.03. The number of hydrogen-bond acceptors (Lipinski definition) is 4. The molecule has 20 heavy (non-hydrogen) atoms. The minimum atomic E-state index is -3.69. The summed E-state index contributed by atoms with van der Waals surface area (Å²) in [6.45, 7) is 3.64. The Morgan fingerprint density at radius 2 is 1.95 bits per heavy atom. The molecule has 1 aromatic heterocycles. The van der Waals surface area contributed by atoms with Crippen molar-refractivity contribution >= 4 is 31.6 Å². The van der Waals surface area contributed by atoms with Gasteiger partial charge in [0.25, 0.3) is 10.0 Å². The van der Waals surface area contributed by atoms with E-state index < -0.39 is 10.0 Å². The lowest BCUT2D eigenvalue weighted by Crippen LogP contribution is -2.13. The van der Waals surface area contributed by atoms with Gasteiger partial charge in [0.05, 0.1) is 12.2 Å². The van der Waals surface area contributed by atoms with E-state index in [1.807, 2.05) is 13.0 Å². The van der Waals surface area contributed by atoms with Crippen molar-refractivity contribution in [3.05, 3.63) is 45.8 Å². The maximum absolute atomic E-state index is 12.3. The number of nitrogens with two attached hydrogens (primary N) is 1. The number of furan rings is 1. The van der Waals surface area contributed by atoms with Crippen molar-refractivity contribution in [3.63, 3.8) is 0 Å². The summed E-state index contributed by atoms with van der Waals surface area (Å²) in [7, 11) is -3.69. The number of benzene rings is 1. The van der Waals surface area contributed by atoms with Crippen LogP contribution in [0.1, 0.15) is 17.1 Å². The van der Waals surface area contributed by atoms with E-state index >= 15 is 0 Å². The van der Waals surface area contributed by atoms with Crippen molar-refractivity contribution in [2.45, 2.75) is 25.3 Å². The molecule has 108 valence electrons. The molecule has 0 aliphatic rings. The summed E-state index contributed by atoms with van der Waals surface area (Å²) in [5.41, 5.74) is 6.89. The Labute approximate surface area is 126 Å². The molecule has 0 spiro atoms. The molecule has 7 heteroatoms. The summed E-state index contributed by atoms with van der Waals surface area (Å²) in [6, 6.07) is 6.79. The summed E-state index contributed by atoms with van der Waals surface area (Å²) < 4.78 is 33.3. The Morgan fingerprint density at radius 3 is 2.50 bits per heavy atom. The van der Waals surface area contributed by atoms with Gasteiger partial charge in [0, 0.05) is 10.5 Å². The van der Waals surface area contributed by atoms with Gasteiger partial charge in [-0.25, -0.2) is 8.42 Å². The molecular formula is C13H15BrN2O3S. The number of rotatable bonds is 4. The van der Waals surface area contributed by atoms with Crippen LogP contribution in [-0.4, -0.2) is 8.42 Å². The standard InChI is InChI=1S/C13H15BrN2O3S/c1-8-3-10(14)5-11(4-8)16-20(17,18)13-6-12(7-15)19-9(13)2/h3-6,16H,7,15H2,1-2H3. The highest BCUT2D eigenvalue weighted by Crippen LogP contribution is 2.25. The monoisotopic (exact) mass is 358 g/mol. The van der Waals surface area contributed by atoms with Crippen LogP contribution in [0, 0.1) is 13.8 Å². The van der Waals surface area contributed by atoms with Crippen molar-refractivity contribution in [2.24, 2.45) is 5.73 Å². The summed E-state index contributed by atoms with van der Waals surface area (Å²) in [6.07, 6.45) is 0. The zero-order valence-corrected chi connectivity index (χ0v) is 13.5. The first-order valence-corrected chi connectivity index (χ1v) is 8.19. The predicted octanol–water partition coefficient (Wildman–Crippen LogP) is 2.92. The SMILES string of the molecule is Cc1cc(Br)cc(NS(=O)(=O)c2cc(CN)oc2C)c1. The average molecular weight is 359 g/mol. The largest absolute Gasteiger partial charge is 0.464 e. The molecule has 0 radical (unpaired) electrons. The molecule has 0 bridgehead atoms. The maximum Gasteiger partial charge on any atom is 0.265 e. The number of halogens is 1. The quantitative estimate of drug-likeness (QED) is 0.879. The third-order valence-electron chi connectivity index (χ3n) is 2.71. The van der Waals surface area contributed by atoms with Gasteiger partial charge >= 0.3 is 0 Å². The van der Waals surface area contributed by atoms with Crippen molar-refractivity contribution < 1.29 is 12.8 Å². The second kappa shape index (κ2) is 5.59. The maximum atomic E-state index is 12.3. The first-order valence-electron chi connectivity index (χ1n) is 5.91. The fourth-order valence-electron chi connectivity index (χ4n) is 1.90. The molecule has 0 saturated carbocycles. The van der Waals surface area contributed by atoms with E-state index in [0.717, 1.165) is 10.0 Å². The van der Waals surface area contributed by atoms with Crippen LogP contribution in [0.5, 0.6) is 0 Å². The third-order valence-corrected chi connectivity index (χ3v) is 4.65. The molecule has 1 aromatic carbocycles. The van der Waals surface area contributed by atoms with Gasteiger partial charge in [0.2, 0.25) is 0 Å². The van der Waals surface area contributed by atoms with Crippen LogP contribution >= 0.6 is 15.9 Å². The van der Waals surface area contributed by atoms with Gasteiger partial charge < -0.3 is 10.2 Å². The molecule has 0 amide bonds. The van der Waals surface area contributed by atoms with Gasteiger partial charge in [-0.1, -0.05) is 15.9 Å². The highest BCUT2D eigenvalue weighted by Gasteiger charge is 2.21. The van der Waals surface area contributed by atoms with Crippen LogP contribution in [-0.2, 0) is 16.6 Å². The van der Waals surface area contributed by atoms with Crippen LogP contribution in [0.25, 0.3) is 0 Å². The molecule has 1 heterocycles. The fourth-order valence-corrected chi connectivity index (χ4v) is 3.75. The topological polar surface area (TPSA) is 85.3 Å². The summed E-state index contributed by atoms with van der Waals surface area (Å²) >= 11 is 3.34. The van der Waals surface area contributed by atoms with Gasteiger partial charge in [0.1, 0.15) is 16.4 Å². The smallest absolute Gasteiger partial charge is 0.265 e. The molecule has 0 fully saturated rings. The summed E-state index contributed by atoms with van der Waals surface area (Å²) in [4.78, 5) is 0.107. The highest BCUT2D eigenvalue weighted by atomic mass is 79.9. The van der Waals surface area contributed by atoms with Gasteiger partial charge in [-0.3, -0.25) is 4.72 Å². The normalized spacial score (nSPS) is 11.6. The van der Waals surface area contributed by atoms with E-state index in [4.69, 9.17) is 10.2 Å². The molecule has 2 aromatic rings. The van der Waals surface area contributed by atoms with E-state index in [1.165, 1.54) is 6.07 Å². The van der Waals surface area contributed by atoms with Crippen molar-refractivity contribution in [2.75, 3.05) is 4.72 Å². The zero-order chi connectivity index (χ0) is 14.9. The number of aryl methyl sites for hydroxylation is 2. The third kappa shape index (κ3) is 3.23. The van der Waals surface area contributed by atoms with E-state index in [0.29, 0.717) is 17.2 Å². The molecule has 2 rings (SSSR count). The Balaban J connectivity index is 2.37. The van der Waals surface area contributed by atoms with E-state index in [-0.39, 0.29) is 11.4 Å². The lowest BCUT2D eigenvalue weighted by molar-refractivity contribution is 0.479. The molecule has 0 aliphatic carbocycles.